The SMILES string of the molecule is COC(=O)C1CN(C(=O)COc2ccc(S(=O)(=O)NCCc3ccccc3)cc2)c2ccccc2O1. The van der Waals surface area contributed by atoms with E-state index in [-0.39, 0.29) is 30.5 Å². The quantitative estimate of drug-likeness (QED) is 0.441. The van der Waals surface area contributed by atoms with Crippen molar-refractivity contribution < 1.29 is 32.2 Å². The number of hydrogen-bond donors (Lipinski definition) is 1. The Morgan fingerprint density at radius 1 is 1.00 bits per heavy atom. The minimum Gasteiger partial charge on any atom is -0.484 e. The van der Waals surface area contributed by atoms with Crippen LogP contribution in [0.1, 0.15) is 5.56 Å². The van der Waals surface area contributed by atoms with Crippen molar-refractivity contribution in [3.63, 3.8) is 0 Å². The standard InChI is InChI=1S/C26H26N2O7S/c1-33-26(30)24-17-28(22-9-5-6-10-23(22)35-24)25(29)18-34-20-11-13-21(14-12-20)36(31,32)27-16-15-19-7-3-2-4-8-19/h2-14,24,27H,15-18H2,1H3. The lowest BCUT2D eigenvalue weighted by Gasteiger charge is -2.33. The number of rotatable bonds is 9. The summed E-state index contributed by atoms with van der Waals surface area (Å²) in [6.45, 7) is -0.0615. The van der Waals surface area contributed by atoms with E-state index in [2.05, 4.69) is 4.72 Å². The van der Waals surface area contributed by atoms with E-state index in [1.165, 1.54) is 36.3 Å². The number of nitrogens with zero attached hydrogens (tertiary/aromatic N) is 1. The average Bonchev–Trinajstić information content (AvgIpc) is 2.91. The largest absolute Gasteiger partial charge is 0.484 e. The predicted molar refractivity (Wildman–Crippen MR) is 132 cm³/mol. The van der Waals surface area contributed by atoms with Crippen LogP contribution in [0.2, 0.25) is 0 Å². The summed E-state index contributed by atoms with van der Waals surface area (Å²) in [7, 11) is -2.43. The summed E-state index contributed by atoms with van der Waals surface area (Å²) in [6, 6.07) is 22.3. The molecule has 9 nitrogen and oxygen atoms in total. The first kappa shape index (κ1) is 25.2. The molecule has 1 N–H and O–H groups in total. The highest BCUT2D eigenvalue weighted by Gasteiger charge is 2.34. The summed E-state index contributed by atoms with van der Waals surface area (Å²) < 4.78 is 43.7. The first-order valence-electron chi connectivity index (χ1n) is 11.3. The second kappa shape index (κ2) is 11.2. The lowest BCUT2D eigenvalue weighted by molar-refractivity contribution is -0.148. The maximum absolute atomic E-state index is 12.9. The Kier molecular flexibility index (Phi) is 7.87. The van der Waals surface area contributed by atoms with Crippen LogP contribution < -0.4 is 19.1 Å². The fourth-order valence-electron chi connectivity index (χ4n) is 3.72. The van der Waals surface area contributed by atoms with E-state index in [4.69, 9.17) is 14.2 Å². The molecule has 3 aromatic carbocycles. The second-order valence-electron chi connectivity index (χ2n) is 8.00. The van der Waals surface area contributed by atoms with E-state index in [0.29, 0.717) is 23.6 Å². The number of carbonyl (C=O) groups excluding carboxylic acids is 2. The van der Waals surface area contributed by atoms with Crippen molar-refractivity contribution in [3.05, 3.63) is 84.4 Å². The van der Waals surface area contributed by atoms with Crippen molar-refractivity contribution in [3.8, 4) is 11.5 Å². The van der Waals surface area contributed by atoms with E-state index in [1.54, 1.807) is 24.3 Å². The molecule has 1 aliphatic heterocycles. The Bertz CT molecular complexity index is 1310. The van der Waals surface area contributed by atoms with Crippen LogP contribution in [0.4, 0.5) is 5.69 Å². The molecule has 1 aliphatic rings. The topological polar surface area (TPSA) is 111 Å². The molecule has 0 bridgehead atoms. The van der Waals surface area contributed by atoms with Gasteiger partial charge in [-0.1, -0.05) is 42.5 Å². The number of carbonyl (C=O) groups is 2. The van der Waals surface area contributed by atoms with Crippen LogP contribution in [0.3, 0.4) is 0 Å². The number of hydrogen-bond acceptors (Lipinski definition) is 7. The van der Waals surface area contributed by atoms with Gasteiger partial charge in [-0.05, 0) is 48.4 Å². The number of anilines is 1. The Balaban J connectivity index is 1.35. The lowest BCUT2D eigenvalue weighted by atomic mass is 10.2. The fourth-order valence-corrected chi connectivity index (χ4v) is 4.75. The number of sulfonamides is 1. The highest BCUT2D eigenvalue weighted by atomic mass is 32.2. The maximum atomic E-state index is 12.9. The number of esters is 1. The van der Waals surface area contributed by atoms with Crippen molar-refractivity contribution in [2.24, 2.45) is 0 Å². The van der Waals surface area contributed by atoms with Crippen molar-refractivity contribution in [2.75, 3.05) is 31.7 Å². The first-order valence-corrected chi connectivity index (χ1v) is 12.8. The van der Waals surface area contributed by atoms with E-state index in [1.807, 2.05) is 30.3 Å². The third kappa shape index (κ3) is 6.02. The monoisotopic (exact) mass is 510 g/mol. The van der Waals surface area contributed by atoms with Gasteiger partial charge in [0, 0.05) is 6.54 Å². The third-order valence-corrected chi connectivity index (χ3v) is 7.06. The predicted octanol–water partition coefficient (Wildman–Crippen LogP) is 2.55. The molecule has 4 rings (SSSR count). The highest BCUT2D eigenvalue weighted by Crippen LogP contribution is 2.33. The van der Waals surface area contributed by atoms with Gasteiger partial charge in [0.15, 0.2) is 6.61 Å². The molecule has 1 atom stereocenters. The van der Waals surface area contributed by atoms with Crippen LogP contribution >= 0.6 is 0 Å². The van der Waals surface area contributed by atoms with Crippen LogP contribution in [0.5, 0.6) is 11.5 Å². The first-order chi connectivity index (χ1) is 17.4. The minimum absolute atomic E-state index is 0.0162. The molecule has 0 saturated carbocycles. The van der Waals surface area contributed by atoms with Gasteiger partial charge in [-0.2, -0.15) is 0 Å². The third-order valence-electron chi connectivity index (χ3n) is 5.58. The van der Waals surface area contributed by atoms with Gasteiger partial charge >= 0.3 is 5.97 Å². The summed E-state index contributed by atoms with van der Waals surface area (Å²) in [6.07, 6.45) is -0.377. The van der Waals surface area contributed by atoms with Crippen LogP contribution in [0.25, 0.3) is 0 Å². The summed E-state index contributed by atoms with van der Waals surface area (Å²) in [5.74, 6) is -0.254. The summed E-state index contributed by atoms with van der Waals surface area (Å²) in [4.78, 5) is 26.5. The molecule has 0 saturated heterocycles. The number of para-hydroxylation sites is 2. The normalized spacial score (nSPS) is 14.9. The minimum atomic E-state index is -3.68. The van der Waals surface area contributed by atoms with Gasteiger partial charge < -0.3 is 19.1 Å². The van der Waals surface area contributed by atoms with E-state index in [9.17, 15) is 18.0 Å². The molecule has 188 valence electrons. The number of amides is 1. The summed E-state index contributed by atoms with van der Waals surface area (Å²) in [5.41, 5.74) is 1.56. The zero-order chi connectivity index (χ0) is 25.5. The average molecular weight is 511 g/mol. The van der Waals surface area contributed by atoms with Gasteiger partial charge in [0.05, 0.1) is 24.2 Å². The Morgan fingerprint density at radius 2 is 1.69 bits per heavy atom. The van der Waals surface area contributed by atoms with Crippen molar-refractivity contribution in [1.29, 1.82) is 0 Å². The zero-order valence-electron chi connectivity index (χ0n) is 19.6. The van der Waals surface area contributed by atoms with Crippen LogP contribution in [-0.2, 0) is 30.8 Å². The molecule has 1 unspecified atom stereocenters. The van der Waals surface area contributed by atoms with Crippen molar-refractivity contribution in [1.82, 2.24) is 4.72 Å². The van der Waals surface area contributed by atoms with Gasteiger partial charge in [-0.15, -0.1) is 0 Å². The van der Waals surface area contributed by atoms with Crippen molar-refractivity contribution in [2.45, 2.75) is 17.4 Å². The molecule has 10 heteroatoms. The Labute approximate surface area is 209 Å². The molecule has 0 fully saturated rings. The van der Waals surface area contributed by atoms with Gasteiger partial charge in [0.25, 0.3) is 5.91 Å². The molecular formula is C26H26N2O7S. The smallest absolute Gasteiger partial charge is 0.348 e. The molecule has 1 amide bonds. The van der Waals surface area contributed by atoms with Gasteiger partial charge in [0.2, 0.25) is 16.1 Å². The van der Waals surface area contributed by atoms with Crippen LogP contribution in [0.15, 0.2) is 83.8 Å². The Hall–Kier alpha value is -3.89. The molecule has 36 heavy (non-hydrogen) atoms. The van der Waals surface area contributed by atoms with Crippen LogP contribution in [0, 0.1) is 0 Å². The number of benzene rings is 3. The molecule has 0 aliphatic carbocycles. The van der Waals surface area contributed by atoms with E-state index >= 15 is 0 Å². The molecule has 0 aromatic heterocycles. The molecule has 0 spiro atoms. The lowest BCUT2D eigenvalue weighted by Crippen LogP contribution is -2.48. The van der Waals surface area contributed by atoms with E-state index < -0.39 is 22.1 Å². The number of ether oxygens (including phenoxy) is 3. The zero-order valence-corrected chi connectivity index (χ0v) is 20.4. The molecule has 3 aromatic rings. The second-order valence-corrected chi connectivity index (χ2v) is 9.76. The van der Waals surface area contributed by atoms with Gasteiger partial charge in [0.1, 0.15) is 11.5 Å². The summed E-state index contributed by atoms with van der Waals surface area (Å²) in [5, 5.41) is 0. The van der Waals surface area contributed by atoms with Gasteiger partial charge in [-0.25, -0.2) is 17.9 Å². The summed E-state index contributed by atoms with van der Waals surface area (Å²) >= 11 is 0. The van der Waals surface area contributed by atoms with Gasteiger partial charge in [-0.3, -0.25) is 4.79 Å². The Morgan fingerprint density at radius 3 is 2.42 bits per heavy atom. The number of methoxy groups -OCH3 is 1. The number of nitrogens with one attached hydrogen (secondary N) is 1. The molecular weight excluding hydrogens is 484 g/mol. The van der Waals surface area contributed by atoms with Crippen LogP contribution in [-0.4, -0.2) is 53.2 Å². The highest BCUT2D eigenvalue weighted by molar-refractivity contribution is 7.89. The fraction of sp³-hybridized carbons (Fsp3) is 0.231. The van der Waals surface area contributed by atoms with E-state index in [0.717, 1.165) is 5.56 Å². The van der Waals surface area contributed by atoms with Crippen molar-refractivity contribution >= 4 is 27.6 Å². The molecule has 1 heterocycles. The molecule has 0 radical (unpaired) electrons. The number of fused-ring (bicyclic) bond motifs is 1. The maximum Gasteiger partial charge on any atom is 0.348 e.